The van der Waals surface area contributed by atoms with Crippen molar-refractivity contribution in [3.63, 3.8) is 0 Å². The van der Waals surface area contributed by atoms with Crippen molar-refractivity contribution in [3.05, 3.63) is 6.33 Å². The monoisotopic (exact) mass is 279 g/mol. The minimum absolute atomic E-state index is 0.278. The molecule has 1 aromatic heterocycles. The largest absolute Gasteiger partial charge is 0.490 e. The highest BCUT2D eigenvalue weighted by Gasteiger charge is 2.40. The van der Waals surface area contributed by atoms with Crippen molar-refractivity contribution in [2.75, 3.05) is 37.0 Å². The first-order chi connectivity index (χ1) is 9.51. The number of hydrogen-bond donors (Lipinski definition) is 2. The number of primary amides is 1. The van der Waals surface area contributed by atoms with Crippen LogP contribution in [-0.4, -0.2) is 42.6 Å². The molecule has 1 amide bonds. The number of carbonyl (C=O) groups is 1. The molecular formula is C13H21N5O2. The zero-order chi connectivity index (χ0) is 14.8. The normalized spacial score (nSPS) is 21.9. The summed E-state index contributed by atoms with van der Waals surface area (Å²) in [4.78, 5) is 22.0. The van der Waals surface area contributed by atoms with Crippen LogP contribution in [0.4, 0.5) is 11.6 Å². The van der Waals surface area contributed by atoms with Crippen molar-refractivity contribution in [2.45, 2.75) is 20.3 Å². The van der Waals surface area contributed by atoms with Gasteiger partial charge in [-0.2, -0.15) is 0 Å². The number of carbonyl (C=O) groups excluding carboxylic acids is 1. The summed E-state index contributed by atoms with van der Waals surface area (Å²) >= 11 is 0. The van der Waals surface area contributed by atoms with Crippen molar-refractivity contribution in [1.82, 2.24) is 9.97 Å². The van der Waals surface area contributed by atoms with Crippen molar-refractivity contribution in [2.24, 2.45) is 11.1 Å². The SMILES string of the molecule is CCNc1ncnc(N2CCC(C)(C(N)=O)C2)c1OC. The lowest BCUT2D eigenvalue weighted by Gasteiger charge is -2.23. The van der Waals surface area contributed by atoms with Crippen LogP contribution in [0.2, 0.25) is 0 Å². The van der Waals surface area contributed by atoms with Gasteiger partial charge in [-0.25, -0.2) is 9.97 Å². The van der Waals surface area contributed by atoms with Gasteiger partial charge in [0.2, 0.25) is 11.7 Å². The first-order valence-corrected chi connectivity index (χ1v) is 6.69. The average Bonchev–Trinajstić information content (AvgIpc) is 2.83. The maximum atomic E-state index is 11.5. The Labute approximate surface area is 118 Å². The van der Waals surface area contributed by atoms with E-state index in [1.165, 1.54) is 6.33 Å². The first kappa shape index (κ1) is 14.4. The molecule has 7 heteroatoms. The Morgan fingerprint density at radius 3 is 2.90 bits per heavy atom. The van der Waals surface area contributed by atoms with E-state index in [4.69, 9.17) is 10.5 Å². The van der Waals surface area contributed by atoms with Gasteiger partial charge in [0.25, 0.3) is 0 Å². The van der Waals surface area contributed by atoms with Gasteiger partial charge in [0.05, 0.1) is 12.5 Å². The first-order valence-electron chi connectivity index (χ1n) is 6.69. The molecule has 1 aliphatic heterocycles. The number of anilines is 2. The third-order valence-electron chi connectivity index (χ3n) is 3.70. The van der Waals surface area contributed by atoms with Gasteiger partial charge >= 0.3 is 0 Å². The van der Waals surface area contributed by atoms with Gasteiger partial charge in [0.15, 0.2) is 11.6 Å². The summed E-state index contributed by atoms with van der Waals surface area (Å²) < 4.78 is 5.42. The number of nitrogens with one attached hydrogen (secondary N) is 1. The fourth-order valence-electron chi connectivity index (χ4n) is 2.41. The average molecular weight is 279 g/mol. The summed E-state index contributed by atoms with van der Waals surface area (Å²) in [5.41, 5.74) is 4.96. The standard InChI is InChI=1S/C13H21N5O2/c1-4-15-10-9(20-3)11(17-8-16-10)18-6-5-13(2,7-18)12(14)19/h8H,4-7H2,1-3H3,(H2,14,19)(H,15,16,17). The Hall–Kier alpha value is -2.05. The quantitative estimate of drug-likeness (QED) is 0.820. The molecule has 1 aliphatic rings. The second kappa shape index (κ2) is 5.52. The smallest absolute Gasteiger partial charge is 0.225 e. The lowest BCUT2D eigenvalue weighted by Crippen LogP contribution is -2.37. The molecule has 20 heavy (non-hydrogen) atoms. The van der Waals surface area contributed by atoms with Crippen molar-refractivity contribution in [3.8, 4) is 5.75 Å². The van der Waals surface area contributed by atoms with Gasteiger partial charge in [0.1, 0.15) is 6.33 Å². The van der Waals surface area contributed by atoms with Crippen LogP contribution >= 0.6 is 0 Å². The van der Waals surface area contributed by atoms with E-state index >= 15 is 0 Å². The molecule has 0 radical (unpaired) electrons. The Bertz CT molecular complexity index is 508. The summed E-state index contributed by atoms with van der Waals surface area (Å²) in [6.07, 6.45) is 2.21. The van der Waals surface area contributed by atoms with E-state index in [2.05, 4.69) is 15.3 Å². The van der Waals surface area contributed by atoms with Gasteiger partial charge in [-0.15, -0.1) is 0 Å². The molecule has 1 unspecified atom stereocenters. The molecule has 2 rings (SSSR count). The molecule has 0 bridgehead atoms. The molecule has 1 atom stereocenters. The number of nitrogens with zero attached hydrogens (tertiary/aromatic N) is 3. The van der Waals surface area contributed by atoms with Gasteiger partial charge < -0.3 is 20.7 Å². The number of aromatic nitrogens is 2. The summed E-state index contributed by atoms with van der Waals surface area (Å²) in [6, 6.07) is 0. The second-order valence-electron chi connectivity index (χ2n) is 5.21. The molecule has 1 fully saturated rings. The highest BCUT2D eigenvalue weighted by molar-refractivity contribution is 5.82. The van der Waals surface area contributed by atoms with E-state index < -0.39 is 5.41 Å². The lowest BCUT2D eigenvalue weighted by atomic mass is 9.89. The van der Waals surface area contributed by atoms with Gasteiger partial charge in [0, 0.05) is 19.6 Å². The minimum Gasteiger partial charge on any atom is -0.490 e. The topological polar surface area (TPSA) is 93.4 Å². The number of methoxy groups -OCH3 is 1. The molecule has 0 aliphatic carbocycles. The number of hydrogen-bond acceptors (Lipinski definition) is 6. The highest BCUT2D eigenvalue weighted by atomic mass is 16.5. The fourth-order valence-corrected chi connectivity index (χ4v) is 2.41. The van der Waals surface area contributed by atoms with Crippen LogP contribution in [0.5, 0.6) is 5.75 Å². The summed E-state index contributed by atoms with van der Waals surface area (Å²) in [7, 11) is 1.59. The van der Waals surface area contributed by atoms with Crippen molar-refractivity contribution >= 4 is 17.5 Å². The van der Waals surface area contributed by atoms with Gasteiger partial charge in [-0.05, 0) is 20.3 Å². The number of rotatable bonds is 5. The molecule has 1 aromatic rings. The Kier molecular flexibility index (Phi) is 3.96. The molecule has 3 N–H and O–H groups in total. The Morgan fingerprint density at radius 2 is 2.35 bits per heavy atom. The van der Waals surface area contributed by atoms with Crippen LogP contribution in [0.15, 0.2) is 6.33 Å². The van der Waals surface area contributed by atoms with E-state index in [0.29, 0.717) is 30.4 Å². The fraction of sp³-hybridized carbons (Fsp3) is 0.615. The van der Waals surface area contributed by atoms with Gasteiger partial charge in [-0.3, -0.25) is 4.79 Å². The summed E-state index contributed by atoms with van der Waals surface area (Å²) in [6.45, 7) is 5.88. The third kappa shape index (κ3) is 2.48. The third-order valence-corrected chi connectivity index (χ3v) is 3.70. The van der Waals surface area contributed by atoms with Crippen LogP contribution in [-0.2, 0) is 4.79 Å². The molecule has 7 nitrogen and oxygen atoms in total. The van der Waals surface area contributed by atoms with Crippen LogP contribution in [0.25, 0.3) is 0 Å². The molecule has 110 valence electrons. The summed E-state index contributed by atoms with van der Waals surface area (Å²) in [5, 5.41) is 3.14. The number of nitrogens with two attached hydrogens (primary N) is 1. The van der Waals surface area contributed by atoms with Gasteiger partial charge in [-0.1, -0.05) is 0 Å². The number of amides is 1. The Balaban J connectivity index is 2.30. The molecule has 0 saturated carbocycles. The zero-order valence-corrected chi connectivity index (χ0v) is 12.1. The van der Waals surface area contributed by atoms with Crippen LogP contribution < -0.4 is 20.7 Å². The summed E-state index contributed by atoms with van der Waals surface area (Å²) in [5.74, 6) is 1.68. The predicted octanol–water partition coefficient (Wildman–Crippen LogP) is 0.619. The van der Waals surface area contributed by atoms with E-state index in [0.717, 1.165) is 13.1 Å². The second-order valence-corrected chi connectivity index (χ2v) is 5.21. The van der Waals surface area contributed by atoms with Crippen LogP contribution in [0, 0.1) is 5.41 Å². The predicted molar refractivity (Wildman–Crippen MR) is 76.9 cm³/mol. The van der Waals surface area contributed by atoms with Crippen LogP contribution in [0.1, 0.15) is 20.3 Å². The maximum absolute atomic E-state index is 11.5. The zero-order valence-electron chi connectivity index (χ0n) is 12.1. The van der Waals surface area contributed by atoms with Crippen molar-refractivity contribution < 1.29 is 9.53 Å². The molecule has 0 spiro atoms. The molecule has 0 aromatic carbocycles. The number of ether oxygens (including phenoxy) is 1. The minimum atomic E-state index is -0.520. The van der Waals surface area contributed by atoms with E-state index in [1.54, 1.807) is 7.11 Å². The Morgan fingerprint density at radius 1 is 1.60 bits per heavy atom. The van der Waals surface area contributed by atoms with E-state index in [9.17, 15) is 4.79 Å². The maximum Gasteiger partial charge on any atom is 0.225 e. The van der Waals surface area contributed by atoms with E-state index in [-0.39, 0.29) is 5.91 Å². The lowest BCUT2D eigenvalue weighted by molar-refractivity contribution is -0.125. The van der Waals surface area contributed by atoms with E-state index in [1.807, 2.05) is 18.7 Å². The highest BCUT2D eigenvalue weighted by Crippen LogP contribution is 2.38. The molecule has 1 saturated heterocycles. The molecule has 2 heterocycles. The van der Waals surface area contributed by atoms with Crippen molar-refractivity contribution in [1.29, 1.82) is 0 Å². The molecular weight excluding hydrogens is 258 g/mol. The van der Waals surface area contributed by atoms with Crippen LogP contribution in [0.3, 0.4) is 0 Å².